The molecule has 4 heteroatoms. The molecule has 0 radical (unpaired) electrons. The van der Waals surface area contributed by atoms with Gasteiger partial charge in [0.1, 0.15) is 5.75 Å². The average Bonchev–Trinajstić information content (AvgIpc) is 2.64. The van der Waals surface area contributed by atoms with Crippen LogP contribution in [0.2, 0.25) is 0 Å². The van der Waals surface area contributed by atoms with E-state index in [1.165, 1.54) is 11.8 Å². The number of thioether (sulfide) groups is 1. The van der Waals surface area contributed by atoms with E-state index in [1.807, 2.05) is 68.5 Å². The third kappa shape index (κ3) is 3.20. The maximum Gasteiger partial charge on any atom is 0.262 e. The summed E-state index contributed by atoms with van der Waals surface area (Å²) in [5.41, 5.74) is 1.87. The Labute approximate surface area is 157 Å². The molecule has 0 saturated heterocycles. The number of nitrogens with one attached hydrogen (secondary N) is 1. The molecule has 1 amide bonds. The summed E-state index contributed by atoms with van der Waals surface area (Å²) in [5, 5.41) is 5.09. The highest BCUT2D eigenvalue weighted by molar-refractivity contribution is 8.04. The molecular weight excluding hydrogens is 342 g/mol. The van der Waals surface area contributed by atoms with Crippen LogP contribution in [0.5, 0.6) is 5.75 Å². The Hall–Kier alpha value is -2.72. The lowest BCUT2D eigenvalue weighted by Gasteiger charge is -2.19. The van der Waals surface area contributed by atoms with Crippen molar-refractivity contribution in [2.45, 2.75) is 24.8 Å². The van der Waals surface area contributed by atoms with Gasteiger partial charge < -0.3 is 10.1 Å². The highest BCUT2D eigenvalue weighted by Gasteiger charge is 2.21. The molecule has 1 aliphatic heterocycles. The molecule has 0 spiro atoms. The number of hydrogen-bond donors (Lipinski definition) is 1. The molecule has 3 aromatic rings. The Morgan fingerprint density at radius 2 is 1.69 bits per heavy atom. The van der Waals surface area contributed by atoms with Crippen molar-refractivity contribution in [1.82, 2.24) is 0 Å². The Balaban J connectivity index is 1.78. The van der Waals surface area contributed by atoms with Crippen LogP contribution in [0.4, 0.5) is 5.69 Å². The fourth-order valence-electron chi connectivity index (χ4n) is 3.02. The van der Waals surface area contributed by atoms with Crippen molar-refractivity contribution in [3.8, 4) is 5.75 Å². The summed E-state index contributed by atoms with van der Waals surface area (Å²) in [6.45, 7) is 4.04. The Morgan fingerprint density at radius 3 is 2.50 bits per heavy atom. The van der Waals surface area contributed by atoms with Gasteiger partial charge in [0.2, 0.25) is 0 Å². The molecule has 0 atom stereocenters. The van der Waals surface area contributed by atoms with Crippen LogP contribution in [-0.2, 0) is 4.79 Å². The van der Waals surface area contributed by atoms with Crippen LogP contribution in [0.3, 0.4) is 0 Å². The molecule has 1 aliphatic rings. The first kappa shape index (κ1) is 16.7. The van der Waals surface area contributed by atoms with Gasteiger partial charge >= 0.3 is 0 Å². The average molecular weight is 361 g/mol. The van der Waals surface area contributed by atoms with Crippen molar-refractivity contribution >= 4 is 40.2 Å². The van der Waals surface area contributed by atoms with Gasteiger partial charge in [0.15, 0.2) is 0 Å². The van der Waals surface area contributed by atoms with Crippen molar-refractivity contribution in [2.24, 2.45) is 0 Å². The smallest absolute Gasteiger partial charge is 0.262 e. The molecule has 4 rings (SSSR count). The topological polar surface area (TPSA) is 38.3 Å². The van der Waals surface area contributed by atoms with Crippen LogP contribution >= 0.6 is 11.8 Å². The standard InChI is InChI=1S/C22H19NO2S/c1-14(2)25-19-12-11-15(16-7-3-4-8-17(16)19)13-21-22(24)23-18-9-5-6-10-20(18)26-21/h3-14H,1-2H3,(H,23,24)/b21-13-. The van der Waals surface area contributed by atoms with E-state index in [-0.39, 0.29) is 12.0 Å². The Morgan fingerprint density at radius 1 is 0.962 bits per heavy atom. The number of ether oxygens (including phenoxy) is 1. The van der Waals surface area contributed by atoms with E-state index in [0.29, 0.717) is 4.91 Å². The molecule has 0 aromatic heterocycles. The largest absolute Gasteiger partial charge is 0.490 e. The van der Waals surface area contributed by atoms with E-state index in [0.717, 1.165) is 32.7 Å². The first-order chi connectivity index (χ1) is 12.6. The van der Waals surface area contributed by atoms with Crippen LogP contribution in [-0.4, -0.2) is 12.0 Å². The van der Waals surface area contributed by atoms with Crippen LogP contribution in [0.15, 0.2) is 70.5 Å². The zero-order chi connectivity index (χ0) is 18.1. The van der Waals surface area contributed by atoms with Gasteiger partial charge in [-0.25, -0.2) is 0 Å². The molecule has 3 aromatic carbocycles. The number of benzene rings is 3. The lowest BCUT2D eigenvalue weighted by atomic mass is 10.0. The van der Waals surface area contributed by atoms with E-state index >= 15 is 0 Å². The molecule has 0 aliphatic carbocycles. The maximum atomic E-state index is 12.5. The zero-order valence-corrected chi connectivity index (χ0v) is 15.5. The van der Waals surface area contributed by atoms with Crippen LogP contribution in [0.25, 0.3) is 16.8 Å². The van der Waals surface area contributed by atoms with Gasteiger partial charge in [0.25, 0.3) is 5.91 Å². The summed E-state index contributed by atoms with van der Waals surface area (Å²) >= 11 is 1.50. The summed E-state index contributed by atoms with van der Waals surface area (Å²) in [5.74, 6) is 0.795. The normalized spacial score (nSPS) is 15.2. The molecule has 1 N–H and O–H groups in total. The molecule has 0 saturated carbocycles. The SMILES string of the molecule is CC(C)Oc1ccc(/C=C2\Sc3ccccc3NC2=O)c2ccccc12. The highest BCUT2D eigenvalue weighted by Crippen LogP contribution is 2.39. The van der Waals surface area contributed by atoms with E-state index in [2.05, 4.69) is 17.4 Å². The van der Waals surface area contributed by atoms with Crippen LogP contribution < -0.4 is 10.1 Å². The van der Waals surface area contributed by atoms with Crippen molar-refractivity contribution in [3.05, 3.63) is 71.1 Å². The van der Waals surface area contributed by atoms with Crippen LogP contribution in [0.1, 0.15) is 19.4 Å². The number of anilines is 1. The molecule has 130 valence electrons. The van der Waals surface area contributed by atoms with Gasteiger partial charge in [0, 0.05) is 10.3 Å². The Kier molecular flexibility index (Phi) is 4.43. The summed E-state index contributed by atoms with van der Waals surface area (Å²) in [4.78, 5) is 14.2. The summed E-state index contributed by atoms with van der Waals surface area (Å²) in [7, 11) is 0. The second-order valence-electron chi connectivity index (χ2n) is 6.43. The fourth-order valence-corrected chi connectivity index (χ4v) is 3.96. The minimum atomic E-state index is -0.0692. The highest BCUT2D eigenvalue weighted by atomic mass is 32.2. The maximum absolute atomic E-state index is 12.5. The number of hydrogen-bond acceptors (Lipinski definition) is 3. The van der Waals surface area contributed by atoms with E-state index in [4.69, 9.17) is 4.74 Å². The number of fused-ring (bicyclic) bond motifs is 2. The van der Waals surface area contributed by atoms with Crippen molar-refractivity contribution in [3.63, 3.8) is 0 Å². The second-order valence-corrected chi connectivity index (χ2v) is 7.51. The number of carbonyl (C=O) groups is 1. The Bertz CT molecular complexity index is 1020. The number of para-hydroxylation sites is 1. The zero-order valence-electron chi connectivity index (χ0n) is 14.7. The van der Waals surface area contributed by atoms with Gasteiger partial charge in [-0.15, -0.1) is 0 Å². The lowest BCUT2D eigenvalue weighted by molar-refractivity contribution is -0.112. The fraction of sp³-hybridized carbons (Fsp3) is 0.136. The molecule has 26 heavy (non-hydrogen) atoms. The predicted molar refractivity (Wildman–Crippen MR) is 109 cm³/mol. The number of carbonyl (C=O) groups excluding carboxylic acids is 1. The van der Waals surface area contributed by atoms with Crippen LogP contribution in [0, 0.1) is 0 Å². The second kappa shape index (κ2) is 6.89. The molecule has 0 bridgehead atoms. The summed E-state index contributed by atoms with van der Waals surface area (Å²) in [6, 6.07) is 20.0. The molecule has 3 nitrogen and oxygen atoms in total. The van der Waals surface area contributed by atoms with E-state index in [9.17, 15) is 4.79 Å². The van der Waals surface area contributed by atoms with Crippen molar-refractivity contribution in [1.29, 1.82) is 0 Å². The van der Waals surface area contributed by atoms with Gasteiger partial charge in [-0.2, -0.15) is 0 Å². The summed E-state index contributed by atoms with van der Waals surface area (Å²) < 4.78 is 5.93. The third-order valence-electron chi connectivity index (χ3n) is 4.15. The molecule has 0 fully saturated rings. The first-order valence-electron chi connectivity index (χ1n) is 8.60. The molecular formula is C22H19NO2S. The monoisotopic (exact) mass is 361 g/mol. The van der Waals surface area contributed by atoms with Gasteiger partial charge in [-0.05, 0) is 49.1 Å². The minimum Gasteiger partial charge on any atom is -0.490 e. The van der Waals surface area contributed by atoms with E-state index < -0.39 is 0 Å². The van der Waals surface area contributed by atoms with Gasteiger partial charge in [-0.3, -0.25) is 4.79 Å². The van der Waals surface area contributed by atoms with E-state index in [1.54, 1.807) is 0 Å². The van der Waals surface area contributed by atoms with Crippen molar-refractivity contribution in [2.75, 3.05) is 5.32 Å². The van der Waals surface area contributed by atoms with Crippen molar-refractivity contribution < 1.29 is 9.53 Å². The predicted octanol–water partition coefficient (Wildman–Crippen LogP) is 5.71. The number of amides is 1. The summed E-state index contributed by atoms with van der Waals surface area (Å²) in [6.07, 6.45) is 2.07. The molecule has 1 heterocycles. The number of rotatable bonds is 3. The van der Waals surface area contributed by atoms with Gasteiger partial charge in [-0.1, -0.05) is 54.2 Å². The quantitative estimate of drug-likeness (QED) is 0.607. The van der Waals surface area contributed by atoms with Gasteiger partial charge in [0.05, 0.1) is 16.7 Å². The first-order valence-corrected chi connectivity index (χ1v) is 9.42. The molecule has 0 unspecified atom stereocenters. The third-order valence-corrected chi connectivity index (χ3v) is 5.25. The lowest BCUT2D eigenvalue weighted by Crippen LogP contribution is -2.17. The minimum absolute atomic E-state index is 0.0692.